The number of piperidine rings is 1. The molecule has 0 spiro atoms. The van der Waals surface area contributed by atoms with Gasteiger partial charge in [0.1, 0.15) is 16.5 Å². The van der Waals surface area contributed by atoms with Crippen LogP contribution in [0, 0.1) is 5.41 Å². The van der Waals surface area contributed by atoms with Gasteiger partial charge in [0.05, 0.1) is 11.3 Å². The molecule has 0 bridgehead atoms. The van der Waals surface area contributed by atoms with Crippen LogP contribution in [-0.2, 0) is 16.0 Å². The number of hydrogen-bond acceptors (Lipinski definition) is 8. The fourth-order valence-electron chi connectivity index (χ4n) is 5.94. The van der Waals surface area contributed by atoms with Crippen molar-refractivity contribution in [1.29, 1.82) is 0 Å². The van der Waals surface area contributed by atoms with Gasteiger partial charge in [-0.2, -0.15) is 5.10 Å². The van der Waals surface area contributed by atoms with Gasteiger partial charge in [0.25, 0.3) is 0 Å². The van der Waals surface area contributed by atoms with Crippen molar-refractivity contribution in [1.82, 2.24) is 24.6 Å². The second-order valence-electron chi connectivity index (χ2n) is 13.0. The summed E-state index contributed by atoms with van der Waals surface area (Å²) < 4.78 is 8.11. The van der Waals surface area contributed by atoms with Crippen molar-refractivity contribution >= 4 is 23.4 Å². The van der Waals surface area contributed by atoms with Crippen LogP contribution in [0.3, 0.4) is 0 Å². The summed E-state index contributed by atoms with van der Waals surface area (Å²) in [4.78, 5) is 22.6. The summed E-state index contributed by atoms with van der Waals surface area (Å²) >= 11 is 1.54. The minimum atomic E-state index is -1.19. The zero-order valence-corrected chi connectivity index (χ0v) is 26.6. The number of thiazole rings is 1. The standard InChI is InChI=1S/C33H43N5O4S/c1-7-8-13-33(6)14-16-36(17-15-33)31-37(29(30(40)41)42-32(3,4)5)22(2)18-24-20-26(35-38(24)31)28-34-21-25(43-28)19-23-11-9-10-12-27(23)39/h7,9-12,18,20-21,29,31,39H,1,8,13-17,19H2,2-6H3,(H,40,41). The lowest BCUT2D eigenvalue weighted by atomic mass is 9.76. The highest BCUT2D eigenvalue weighted by atomic mass is 32.1. The first-order chi connectivity index (χ1) is 20.4. The molecule has 4 heterocycles. The Bertz CT molecular complexity index is 1490. The number of hydrogen-bond donors (Lipinski definition) is 2. The molecule has 1 aromatic carbocycles. The molecule has 230 valence electrons. The van der Waals surface area contributed by atoms with Gasteiger partial charge in [0, 0.05) is 36.3 Å². The molecule has 2 aliphatic rings. The number of carboxylic acids is 1. The van der Waals surface area contributed by atoms with Gasteiger partial charge in [0.2, 0.25) is 6.23 Å². The SMILES string of the molecule is C=CCCC1(C)CCN(C2N(C(OC(C)(C)C)C(=O)O)C(C)=Cc3cc(-c4ncc(Cc5ccccc5O)s4)nn32)CC1. The van der Waals surface area contributed by atoms with Gasteiger partial charge in [-0.1, -0.05) is 31.2 Å². The maximum absolute atomic E-state index is 12.7. The van der Waals surface area contributed by atoms with Gasteiger partial charge in [0.15, 0.2) is 6.29 Å². The first kappa shape index (κ1) is 31.0. The smallest absolute Gasteiger partial charge is 0.354 e. The van der Waals surface area contributed by atoms with E-state index in [2.05, 4.69) is 23.4 Å². The van der Waals surface area contributed by atoms with E-state index < -0.39 is 24.1 Å². The number of carboxylic acid groups (broad SMARTS) is 1. The molecule has 0 radical (unpaired) electrons. The number of carbonyl (C=O) groups is 1. The normalized spacial score (nSPS) is 19.5. The van der Waals surface area contributed by atoms with E-state index in [-0.39, 0.29) is 11.2 Å². The average molecular weight is 606 g/mol. The molecule has 1 fully saturated rings. The van der Waals surface area contributed by atoms with Gasteiger partial charge < -0.3 is 19.8 Å². The van der Waals surface area contributed by atoms with Gasteiger partial charge in [-0.25, -0.2) is 14.5 Å². The molecule has 2 N–H and O–H groups in total. The molecule has 1 saturated heterocycles. The number of benzene rings is 1. The molecular formula is C33H43N5O4S. The molecule has 3 aromatic rings. The van der Waals surface area contributed by atoms with Crippen molar-refractivity contribution in [3.8, 4) is 16.5 Å². The van der Waals surface area contributed by atoms with Gasteiger partial charge >= 0.3 is 5.97 Å². The van der Waals surface area contributed by atoms with Crippen LogP contribution in [0.4, 0.5) is 0 Å². The fourth-order valence-corrected chi connectivity index (χ4v) is 6.83. The number of allylic oxidation sites excluding steroid dienone is 2. The Kier molecular flexibility index (Phi) is 8.83. The summed E-state index contributed by atoms with van der Waals surface area (Å²) in [7, 11) is 0. The predicted octanol–water partition coefficient (Wildman–Crippen LogP) is 6.73. The fraction of sp³-hybridized carbons (Fsp3) is 0.485. The highest BCUT2D eigenvalue weighted by Gasteiger charge is 2.44. The summed E-state index contributed by atoms with van der Waals surface area (Å²) in [6.45, 7) is 15.4. The number of aromatic hydroxyl groups is 1. The van der Waals surface area contributed by atoms with Crippen LogP contribution in [0.15, 0.2) is 54.9 Å². The van der Waals surface area contributed by atoms with Crippen molar-refractivity contribution in [2.24, 2.45) is 5.41 Å². The van der Waals surface area contributed by atoms with Gasteiger partial charge in [-0.3, -0.25) is 4.90 Å². The molecule has 43 heavy (non-hydrogen) atoms. The number of phenolic OH excluding ortho intramolecular Hbond substituents is 1. The summed E-state index contributed by atoms with van der Waals surface area (Å²) in [5.41, 5.74) is 2.83. The predicted molar refractivity (Wildman–Crippen MR) is 169 cm³/mol. The van der Waals surface area contributed by atoms with Crippen LogP contribution >= 0.6 is 11.3 Å². The first-order valence-corrected chi connectivity index (χ1v) is 15.7. The topological polar surface area (TPSA) is 104 Å². The lowest BCUT2D eigenvalue weighted by molar-refractivity contribution is -0.199. The molecule has 2 aromatic heterocycles. The van der Waals surface area contributed by atoms with Gasteiger partial charge in [-0.05, 0) is 82.6 Å². The third-order valence-electron chi connectivity index (χ3n) is 8.34. The Morgan fingerprint density at radius 1 is 1.28 bits per heavy atom. The van der Waals surface area contributed by atoms with E-state index in [9.17, 15) is 15.0 Å². The zero-order chi connectivity index (χ0) is 30.9. The van der Waals surface area contributed by atoms with E-state index >= 15 is 0 Å². The van der Waals surface area contributed by atoms with E-state index in [4.69, 9.17) is 9.84 Å². The number of aliphatic carboxylic acids is 1. The highest BCUT2D eigenvalue weighted by Crippen LogP contribution is 2.42. The van der Waals surface area contributed by atoms with E-state index in [0.717, 1.165) is 71.3 Å². The van der Waals surface area contributed by atoms with Crippen LogP contribution in [-0.4, -0.2) is 65.7 Å². The van der Waals surface area contributed by atoms with Crippen LogP contribution in [0.5, 0.6) is 5.75 Å². The van der Waals surface area contributed by atoms with Crippen molar-refractivity contribution in [2.45, 2.75) is 84.8 Å². The van der Waals surface area contributed by atoms with Crippen molar-refractivity contribution in [2.75, 3.05) is 13.1 Å². The quantitative estimate of drug-likeness (QED) is 0.245. The maximum atomic E-state index is 12.7. The van der Waals surface area contributed by atoms with Crippen molar-refractivity contribution in [3.63, 3.8) is 0 Å². The lowest BCUT2D eigenvalue weighted by Gasteiger charge is -2.50. The second kappa shape index (κ2) is 12.3. The number of likely N-dealkylation sites (tertiary alicyclic amines) is 1. The summed E-state index contributed by atoms with van der Waals surface area (Å²) in [6.07, 6.45) is 8.78. The summed E-state index contributed by atoms with van der Waals surface area (Å²) in [5, 5.41) is 26.5. The van der Waals surface area contributed by atoms with Gasteiger partial charge in [-0.15, -0.1) is 17.9 Å². The number of fused-ring (bicyclic) bond motifs is 1. The molecule has 2 atom stereocenters. The highest BCUT2D eigenvalue weighted by molar-refractivity contribution is 7.15. The van der Waals surface area contributed by atoms with Crippen molar-refractivity contribution < 1.29 is 19.7 Å². The Morgan fingerprint density at radius 2 is 2.00 bits per heavy atom. The largest absolute Gasteiger partial charge is 0.508 e. The Labute approximate surface area is 258 Å². The Morgan fingerprint density at radius 3 is 2.65 bits per heavy atom. The van der Waals surface area contributed by atoms with Crippen LogP contribution in [0.25, 0.3) is 16.8 Å². The first-order valence-electron chi connectivity index (χ1n) is 14.9. The van der Waals surface area contributed by atoms with Crippen LogP contribution in [0.1, 0.15) is 82.7 Å². The molecular weight excluding hydrogens is 562 g/mol. The Balaban J connectivity index is 1.49. The molecule has 0 amide bonds. The molecule has 2 unspecified atom stereocenters. The second-order valence-corrected chi connectivity index (χ2v) is 14.1. The molecule has 2 aliphatic heterocycles. The molecule has 10 heteroatoms. The number of ether oxygens (including phenoxy) is 1. The number of rotatable bonds is 10. The van der Waals surface area contributed by atoms with Crippen molar-refractivity contribution in [3.05, 3.63) is 71.0 Å². The molecule has 0 aliphatic carbocycles. The molecule has 5 rings (SSSR count). The number of nitrogens with zero attached hydrogens (tertiary/aromatic N) is 5. The zero-order valence-electron chi connectivity index (χ0n) is 25.8. The third kappa shape index (κ3) is 6.87. The maximum Gasteiger partial charge on any atom is 0.354 e. The minimum absolute atomic E-state index is 0.214. The van der Waals surface area contributed by atoms with E-state index in [1.54, 1.807) is 17.4 Å². The minimum Gasteiger partial charge on any atom is -0.508 e. The molecule has 9 nitrogen and oxygen atoms in total. The lowest BCUT2D eigenvalue weighted by Crippen LogP contribution is -2.57. The van der Waals surface area contributed by atoms with Crippen LogP contribution < -0.4 is 0 Å². The Hall–Kier alpha value is -3.47. The van der Waals surface area contributed by atoms with E-state index in [0.29, 0.717) is 6.42 Å². The third-order valence-corrected chi connectivity index (χ3v) is 9.36. The molecule has 0 saturated carbocycles. The monoisotopic (exact) mass is 605 g/mol. The average Bonchev–Trinajstić information content (AvgIpc) is 3.58. The summed E-state index contributed by atoms with van der Waals surface area (Å²) in [6, 6.07) is 9.35. The number of phenols is 1. The summed E-state index contributed by atoms with van der Waals surface area (Å²) in [5.74, 6) is -0.768. The van der Waals surface area contributed by atoms with E-state index in [1.807, 2.05) is 79.9 Å². The van der Waals surface area contributed by atoms with E-state index in [1.165, 1.54) is 0 Å². The number of para-hydroxylation sites is 1. The number of aromatic nitrogens is 3. The van der Waals surface area contributed by atoms with Crippen LogP contribution in [0.2, 0.25) is 0 Å².